The van der Waals surface area contributed by atoms with Crippen molar-refractivity contribution in [3.05, 3.63) is 57.4 Å². The molecule has 0 unspecified atom stereocenters. The summed E-state index contributed by atoms with van der Waals surface area (Å²) in [6.45, 7) is 2.17. The fourth-order valence-electron chi connectivity index (χ4n) is 3.06. The van der Waals surface area contributed by atoms with E-state index in [1.165, 1.54) is 6.42 Å². The number of benzene rings is 1. The fraction of sp³-hybridized carbons (Fsp3) is 0.316. The molecule has 0 saturated heterocycles. The van der Waals surface area contributed by atoms with Gasteiger partial charge in [0.25, 0.3) is 5.91 Å². The zero-order valence-electron chi connectivity index (χ0n) is 14.8. The second-order valence-electron chi connectivity index (χ2n) is 6.29. The zero-order chi connectivity index (χ0) is 18.8. The number of thioether (sulfide) groups is 1. The summed E-state index contributed by atoms with van der Waals surface area (Å²) in [5.41, 5.74) is 0.487. The molecule has 6 nitrogen and oxygen atoms in total. The highest BCUT2D eigenvalue weighted by molar-refractivity contribution is 9.10. The van der Waals surface area contributed by atoms with E-state index in [9.17, 15) is 4.79 Å². The topological polar surface area (TPSA) is 70.2 Å². The van der Waals surface area contributed by atoms with Gasteiger partial charge in [0.1, 0.15) is 11.5 Å². The third-order valence-corrected chi connectivity index (χ3v) is 5.80. The standard InChI is InChI=1S/C19H19BrN4O2S/c1-2-3-4-10-27-19-22-18(25)16-13-11-12(20)7-8-14(13)21-17(24(16)23-19)15-6-5-9-26-15/h5-9,11,17H,2-4,10H2,1H3,(H,22,23,25)/t17-/m0/s1. The fourth-order valence-corrected chi connectivity index (χ4v) is 4.27. The summed E-state index contributed by atoms with van der Waals surface area (Å²) in [6.07, 6.45) is 4.53. The van der Waals surface area contributed by atoms with Crippen LogP contribution in [-0.4, -0.2) is 21.8 Å². The summed E-state index contributed by atoms with van der Waals surface area (Å²) < 4.78 is 6.46. The molecule has 8 heteroatoms. The van der Waals surface area contributed by atoms with Gasteiger partial charge in [-0.3, -0.25) is 10.1 Å². The number of hydrogen-bond donors (Lipinski definition) is 1. The zero-order valence-corrected chi connectivity index (χ0v) is 17.2. The van der Waals surface area contributed by atoms with Crippen LogP contribution in [-0.2, 0) is 4.79 Å². The summed E-state index contributed by atoms with van der Waals surface area (Å²) in [6, 6.07) is 9.37. The van der Waals surface area contributed by atoms with Crippen molar-refractivity contribution in [2.24, 2.45) is 10.1 Å². The third-order valence-electron chi connectivity index (χ3n) is 4.35. The van der Waals surface area contributed by atoms with E-state index in [-0.39, 0.29) is 5.91 Å². The summed E-state index contributed by atoms with van der Waals surface area (Å²) in [7, 11) is 0. The summed E-state index contributed by atoms with van der Waals surface area (Å²) in [5, 5.41) is 11.4. The Morgan fingerprint density at radius 3 is 3.00 bits per heavy atom. The normalized spacial score (nSPS) is 18.4. The average Bonchev–Trinajstić information content (AvgIpc) is 3.19. The van der Waals surface area contributed by atoms with E-state index in [0.29, 0.717) is 16.6 Å². The van der Waals surface area contributed by atoms with Crippen molar-refractivity contribution >= 4 is 44.5 Å². The van der Waals surface area contributed by atoms with Gasteiger partial charge in [-0.2, -0.15) is 0 Å². The van der Waals surface area contributed by atoms with Crippen LogP contribution in [0.15, 0.2) is 55.6 Å². The predicted molar refractivity (Wildman–Crippen MR) is 109 cm³/mol. The Labute approximate surface area is 169 Å². The highest BCUT2D eigenvalue weighted by atomic mass is 79.9. The number of hydrazone groups is 1. The Morgan fingerprint density at radius 1 is 1.33 bits per heavy atom. The number of rotatable bonds is 5. The number of furan rings is 1. The molecule has 4 rings (SSSR count). The van der Waals surface area contributed by atoms with Crippen molar-refractivity contribution in [3.63, 3.8) is 0 Å². The van der Waals surface area contributed by atoms with E-state index >= 15 is 0 Å². The lowest BCUT2D eigenvalue weighted by atomic mass is 10.1. The van der Waals surface area contributed by atoms with Crippen LogP contribution in [0.4, 0.5) is 0 Å². The molecule has 2 aromatic rings. The molecule has 27 heavy (non-hydrogen) atoms. The number of carbonyl (C=O) groups is 1. The van der Waals surface area contributed by atoms with Crippen LogP contribution >= 0.6 is 27.7 Å². The first kappa shape index (κ1) is 18.3. The van der Waals surface area contributed by atoms with Crippen LogP contribution in [0.3, 0.4) is 0 Å². The molecular formula is C19H19BrN4O2S. The molecule has 2 aliphatic heterocycles. The molecule has 1 amide bonds. The minimum absolute atomic E-state index is 0.172. The molecule has 1 aromatic heterocycles. The number of fused-ring (bicyclic) bond motifs is 2. The van der Waals surface area contributed by atoms with Gasteiger partial charge in [-0.1, -0.05) is 47.5 Å². The second kappa shape index (κ2) is 7.90. The highest BCUT2D eigenvalue weighted by Crippen LogP contribution is 2.31. The first-order chi connectivity index (χ1) is 13.2. The quantitative estimate of drug-likeness (QED) is 0.716. The molecule has 0 aliphatic carbocycles. The summed E-state index contributed by atoms with van der Waals surface area (Å²) >= 11 is 5.04. The van der Waals surface area contributed by atoms with Gasteiger partial charge in [0, 0.05) is 15.4 Å². The Kier molecular flexibility index (Phi) is 5.36. The van der Waals surface area contributed by atoms with Gasteiger partial charge in [0.05, 0.1) is 11.6 Å². The van der Waals surface area contributed by atoms with E-state index in [1.54, 1.807) is 23.0 Å². The molecule has 0 spiro atoms. The Hall–Kier alpha value is -2.06. The molecule has 3 heterocycles. The van der Waals surface area contributed by atoms with Gasteiger partial charge in [0.2, 0.25) is 6.17 Å². The predicted octanol–water partition coefficient (Wildman–Crippen LogP) is 3.11. The van der Waals surface area contributed by atoms with E-state index in [2.05, 4.69) is 28.2 Å². The van der Waals surface area contributed by atoms with Crippen LogP contribution < -0.4 is 15.9 Å². The van der Waals surface area contributed by atoms with Crippen molar-refractivity contribution in [2.75, 3.05) is 5.75 Å². The maximum atomic E-state index is 12.9. The second-order valence-corrected chi connectivity index (χ2v) is 8.29. The Bertz CT molecular complexity index is 1000. The lowest BCUT2D eigenvalue weighted by molar-refractivity contribution is -0.116. The van der Waals surface area contributed by atoms with Crippen molar-refractivity contribution < 1.29 is 9.21 Å². The first-order valence-electron chi connectivity index (χ1n) is 8.90. The van der Waals surface area contributed by atoms with Crippen LogP contribution in [0.25, 0.3) is 5.70 Å². The maximum absolute atomic E-state index is 12.9. The number of amidine groups is 1. The van der Waals surface area contributed by atoms with Gasteiger partial charge >= 0.3 is 0 Å². The molecule has 1 aromatic carbocycles. The van der Waals surface area contributed by atoms with Crippen molar-refractivity contribution in [1.29, 1.82) is 0 Å². The smallest absolute Gasteiger partial charge is 0.276 e. The summed E-state index contributed by atoms with van der Waals surface area (Å²) in [5.74, 6) is 1.39. The largest absolute Gasteiger partial charge is 0.465 e. The minimum atomic E-state index is -0.499. The molecule has 0 bridgehead atoms. The van der Waals surface area contributed by atoms with Crippen molar-refractivity contribution in [2.45, 2.75) is 32.4 Å². The van der Waals surface area contributed by atoms with Crippen LogP contribution in [0.1, 0.15) is 38.1 Å². The number of nitrogens with one attached hydrogen (secondary N) is 1. The number of unbranched alkanes of at least 4 members (excludes halogenated alkanes) is 2. The molecule has 1 N–H and O–H groups in total. The lowest BCUT2D eigenvalue weighted by Gasteiger charge is -2.32. The van der Waals surface area contributed by atoms with Gasteiger partial charge in [-0.05, 0) is 36.8 Å². The monoisotopic (exact) mass is 446 g/mol. The van der Waals surface area contributed by atoms with Crippen LogP contribution in [0.5, 0.6) is 0 Å². The lowest BCUT2D eigenvalue weighted by Crippen LogP contribution is -2.50. The van der Waals surface area contributed by atoms with Gasteiger partial charge < -0.3 is 4.42 Å². The van der Waals surface area contributed by atoms with Crippen molar-refractivity contribution in [3.8, 4) is 0 Å². The van der Waals surface area contributed by atoms with Gasteiger partial charge in [0.15, 0.2) is 5.17 Å². The number of carbonyl (C=O) groups excluding carboxylic acids is 1. The minimum Gasteiger partial charge on any atom is -0.465 e. The molecule has 140 valence electrons. The molecular weight excluding hydrogens is 428 g/mol. The Morgan fingerprint density at radius 2 is 2.22 bits per heavy atom. The van der Waals surface area contributed by atoms with E-state index in [4.69, 9.17) is 14.5 Å². The molecule has 2 aliphatic rings. The van der Waals surface area contributed by atoms with Crippen LogP contribution in [0, 0.1) is 0 Å². The number of hydrogen-bond acceptors (Lipinski definition) is 6. The highest BCUT2D eigenvalue weighted by Gasteiger charge is 2.35. The van der Waals surface area contributed by atoms with E-state index < -0.39 is 6.17 Å². The molecule has 0 fully saturated rings. The molecule has 1 atom stereocenters. The van der Waals surface area contributed by atoms with E-state index in [1.807, 2.05) is 30.3 Å². The first-order valence-corrected chi connectivity index (χ1v) is 10.7. The summed E-state index contributed by atoms with van der Waals surface area (Å²) in [4.78, 5) is 17.7. The molecule has 0 saturated carbocycles. The van der Waals surface area contributed by atoms with E-state index in [0.717, 1.165) is 33.6 Å². The van der Waals surface area contributed by atoms with Gasteiger partial charge in [-0.15, -0.1) is 5.10 Å². The SMILES string of the molecule is CCCCCSC1=NN2C(=c3cc(Br)ccc3=N[C@@H]2c2ccco2)C(=O)N1. The van der Waals surface area contributed by atoms with Crippen LogP contribution in [0.2, 0.25) is 0 Å². The third kappa shape index (κ3) is 3.68. The number of amides is 1. The average molecular weight is 447 g/mol. The maximum Gasteiger partial charge on any atom is 0.276 e. The van der Waals surface area contributed by atoms with Crippen molar-refractivity contribution in [1.82, 2.24) is 10.3 Å². The molecule has 0 radical (unpaired) electrons. The number of halogens is 1. The number of nitrogens with zero attached hydrogens (tertiary/aromatic N) is 3. The van der Waals surface area contributed by atoms with Gasteiger partial charge in [-0.25, -0.2) is 10.0 Å². The Balaban J connectivity index is 1.78.